The fourth-order valence-corrected chi connectivity index (χ4v) is 2.27. The normalized spacial score (nSPS) is 11.8. The number of halogens is 1. The van der Waals surface area contributed by atoms with Crippen LogP contribution < -0.4 is 5.73 Å². The van der Waals surface area contributed by atoms with Gasteiger partial charge in [0.25, 0.3) is 0 Å². The number of carbonyl (C=O) groups is 2. The summed E-state index contributed by atoms with van der Waals surface area (Å²) in [6.45, 7) is 3.58. The van der Waals surface area contributed by atoms with Gasteiger partial charge in [-0.2, -0.15) is 0 Å². The van der Waals surface area contributed by atoms with Gasteiger partial charge in [-0.1, -0.05) is 18.2 Å². The number of nitrogens with two attached hydrogens (primary N) is 1. The van der Waals surface area contributed by atoms with Crippen LogP contribution in [0.3, 0.4) is 0 Å². The van der Waals surface area contributed by atoms with E-state index in [0.29, 0.717) is 6.61 Å². The molecule has 2 N–H and O–H groups in total. The van der Waals surface area contributed by atoms with Crippen LogP contribution >= 0.6 is 12.4 Å². The smallest absolute Gasteiger partial charge is 0.307 e. The highest BCUT2D eigenvalue weighted by molar-refractivity contribution is 5.94. The van der Waals surface area contributed by atoms with Gasteiger partial charge in [-0.3, -0.25) is 14.2 Å². The largest absolute Gasteiger partial charge is 0.466 e. The van der Waals surface area contributed by atoms with Crippen molar-refractivity contribution in [1.82, 2.24) is 4.57 Å². The molecular weight excluding hydrogens is 292 g/mol. The second-order valence-corrected chi connectivity index (χ2v) is 4.61. The van der Waals surface area contributed by atoms with Crippen molar-refractivity contribution in [3.63, 3.8) is 0 Å². The summed E-state index contributed by atoms with van der Waals surface area (Å²) in [5.41, 5.74) is 7.66. The number of carbonyl (C=O) groups excluding carboxylic acids is 2. The molecule has 0 aliphatic heterocycles. The summed E-state index contributed by atoms with van der Waals surface area (Å²) in [7, 11) is 0. The molecule has 1 heterocycles. The Morgan fingerprint density at radius 2 is 2.00 bits per heavy atom. The molecule has 1 aromatic heterocycles. The number of nitrogens with zero attached hydrogens (tertiary/aromatic N) is 1. The number of benzene rings is 1. The molecule has 5 nitrogen and oxygen atoms in total. The molecular formula is C15H19ClN2O3. The predicted molar refractivity (Wildman–Crippen MR) is 83.7 cm³/mol. The van der Waals surface area contributed by atoms with E-state index in [-0.39, 0.29) is 30.7 Å². The Hall–Kier alpha value is -1.85. The zero-order valence-corrected chi connectivity index (χ0v) is 12.9. The van der Waals surface area contributed by atoms with Gasteiger partial charge in [-0.25, -0.2) is 0 Å². The predicted octanol–water partition coefficient (Wildman–Crippen LogP) is 2.68. The number of aromatic nitrogens is 1. The number of ether oxygens (including phenoxy) is 1. The lowest BCUT2D eigenvalue weighted by Crippen LogP contribution is -2.17. The van der Waals surface area contributed by atoms with Gasteiger partial charge >= 0.3 is 5.97 Å². The highest BCUT2D eigenvalue weighted by Gasteiger charge is 2.19. The van der Waals surface area contributed by atoms with Crippen LogP contribution in [0.4, 0.5) is 0 Å². The Balaban J connectivity index is 0.00000220. The molecule has 0 bridgehead atoms. The zero-order valence-electron chi connectivity index (χ0n) is 12.0. The third-order valence-electron chi connectivity index (χ3n) is 3.17. The number of hydrogen-bond donors (Lipinski definition) is 1. The Morgan fingerprint density at radius 1 is 1.33 bits per heavy atom. The van der Waals surface area contributed by atoms with Crippen molar-refractivity contribution in [1.29, 1.82) is 0 Å². The zero-order chi connectivity index (χ0) is 14.7. The SMILES string of the molecule is CCOC(=O)C[C@@H](N)c1cn(C(C)=O)c2ccccc12.Cl. The number of esters is 1. The molecule has 6 heteroatoms. The van der Waals surface area contributed by atoms with E-state index in [1.807, 2.05) is 24.3 Å². The summed E-state index contributed by atoms with van der Waals surface area (Å²) < 4.78 is 6.46. The van der Waals surface area contributed by atoms with Crippen molar-refractivity contribution in [3.8, 4) is 0 Å². The average molecular weight is 311 g/mol. The van der Waals surface area contributed by atoms with E-state index in [1.165, 1.54) is 6.92 Å². The lowest BCUT2D eigenvalue weighted by atomic mass is 10.0. The average Bonchev–Trinajstić information content (AvgIpc) is 2.78. The van der Waals surface area contributed by atoms with Crippen molar-refractivity contribution in [3.05, 3.63) is 36.0 Å². The van der Waals surface area contributed by atoms with Gasteiger partial charge in [-0.05, 0) is 18.6 Å². The Bertz CT molecular complexity index is 651. The first-order valence-corrected chi connectivity index (χ1v) is 6.56. The lowest BCUT2D eigenvalue weighted by Gasteiger charge is -2.09. The summed E-state index contributed by atoms with van der Waals surface area (Å²) in [5, 5.41) is 0.888. The summed E-state index contributed by atoms with van der Waals surface area (Å²) in [6.07, 6.45) is 1.80. The van der Waals surface area contributed by atoms with Crippen LogP contribution in [0.1, 0.15) is 36.7 Å². The Kier molecular flexibility index (Phi) is 5.93. The molecule has 0 fully saturated rings. The second kappa shape index (κ2) is 7.24. The maximum absolute atomic E-state index is 11.7. The van der Waals surface area contributed by atoms with Gasteiger partial charge in [0.2, 0.25) is 5.91 Å². The maximum atomic E-state index is 11.7. The van der Waals surface area contributed by atoms with E-state index in [0.717, 1.165) is 16.5 Å². The monoisotopic (exact) mass is 310 g/mol. The minimum atomic E-state index is -0.487. The van der Waals surface area contributed by atoms with Crippen molar-refractivity contribution in [2.75, 3.05) is 6.61 Å². The number of rotatable bonds is 4. The summed E-state index contributed by atoms with van der Waals surface area (Å²) in [4.78, 5) is 23.2. The fourth-order valence-electron chi connectivity index (χ4n) is 2.27. The van der Waals surface area contributed by atoms with Gasteiger partial charge in [0.05, 0.1) is 18.5 Å². The van der Waals surface area contributed by atoms with E-state index in [4.69, 9.17) is 10.5 Å². The van der Waals surface area contributed by atoms with Crippen LogP contribution in [0.2, 0.25) is 0 Å². The lowest BCUT2D eigenvalue weighted by molar-refractivity contribution is -0.143. The highest BCUT2D eigenvalue weighted by Crippen LogP contribution is 2.27. The molecule has 1 atom stereocenters. The molecule has 0 saturated carbocycles. The van der Waals surface area contributed by atoms with Crippen LogP contribution in [-0.4, -0.2) is 23.1 Å². The summed E-state index contributed by atoms with van der Waals surface area (Å²) in [5.74, 6) is -0.421. The molecule has 114 valence electrons. The van der Waals surface area contributed by atoms with Crippen LogP contribution in [0.15, 0.2) is 30.5 Å². The maximum Gasteiger partial charge on any atom is 0.307 e. The Morgan fingerprint density at radius 3 is 2.62 bits per heavy atom. The molecule has 0 aliphatic rings. The van der Waals surface area contributed by atoms with Crippen molar-refractivity contribution in [2.24, 2.45) is 5.73 Å². The van der Waals surface area contributed by atoms with Crippen LogP contribution in [-0.2, 0) is 9.53 Å². The van der Waals surface area contributed by atoms with E-state index in [2.05, 4.69) is 0 Å². The minimum absolute atomic E-state index is 0. The number of hydrogen-bond acceptors (Lipinski definition) is 4. The third-order valence-corrected chi connectivity index (χ3v) is 3.17. The highest BCUT2D eigenvalue weighted by atomic mass is 35.5. The molecule has 1 aromatic carbocycles. The van der Waals surface area contributed by atoms with Gasteiger partial charge in [0.15, 0.2) is 0 Å². The first kappa shape index (κ1) is 17.2. The molecule has 0 aliphatic carbocycles. The molecule has 21 heavy (non-hydrogen) atoms. The molecule has 2 aromatic rings. The standard InChI is InChI=1S/C15H18N2O3.ClH/c1-3-20-15(19)8-13(16)12-9-17(10(2)18)14-7-5-4-6-11(12)14;/h4-7,9,13H,3,8,16H2,1-2H3;1H/t13-;/m1./s1. The topological polar surface area (TPSA) is 74.3 Å². The minimum Gasteiger partial charge on any atom is -0.466 e. The van der Waals surface area contributed by atoms with E-state index < -0.39 is 6.04 Å². The molecule has 0 unspecified atom stereocenters. The first-order valence-electron chi connectivity index (χ1n) is 6.56. The van der Waals surface area contributed by atoms with Crippen molar-refractivity contribution >= 4 is 35.2 Å². The molecule has 0 radical (unpaired) electrons. The van der Waals surface area contributed by atoms with E-state index in [9.17, 15) is 9.59 Å². The van der Waals surface area contributed by atoms with Crippen molar-refractivity contribution < 1.29 is 14.3 Å². The van der Waals surface area contributed by atoms with Crippen molar-refractivity contribution in [2.45, 2.75) is 26.3 Å². The number of fused-ring (bicyclic) bond motifs is 1. The Labute approximate surface area is 129 Å². The van der Waals surface area contributed by atoms with Crippen LogP contribution in [0.5, 0.6) is 0 Å². The van der Waals surface area contributed by atoms with Gasteiger partial charge < -0.3 is 10.5 Å². The fraction of sp³-hybridized carbons (Fsp3) is 0.333. The summed E-state index contributed by atoms with van der Waals surface area (Å²) in [6, 6.07) is 7.02. The van der Waals surface area contributed by atoms with Gasteiger partial charge in [-0.15, -0.1) is 12.4 Å². The first-order chi connectivity index (χ1) is 9.54. The van der Waals surface area contributed by atoms with Gasteiger partial charge in [0, 0.05) is 24.5 Å². The second-order valence-electron chi connectivity index (χ2n) is 4.61. The van der Waals surface area contributed by atoms with Crippen LogP contribution in [0, 0.1) is 0 Å². The summed E-state index contributed by atoms with van der Waals surface area (Å²) >= 11 is 0. The van der Waals surface area contributed by atoms with Gasteiger partial charge in [0.1, 0.15) is 0 Å². The third kappa shape index (κ3) is 3.62. The molecule has 0 saturated heterocycles. The number of para-hydroxylation sites is 1. The molecule has 0 amide bonds. The quantitative estimate of drug-likeness (QED) is 0.881. The van der Waals surface area contributed by atoms with E-state index >= 15 is 0 Å². The molecule has 2 rings (SSSR count). The van der Waals surface area contributed by atoms with Crippen LogP contribution in [0.25, 0.3) is 10.9 Å². The van der Waals surface area contributed by atoms with E-state index in [1.54, 1.807) is 17.7 Å². The molecule has 0 spiro atoms.